The van der Waals surface area contributed by atoms with E-state index in [0.29, 0.717) is 17.5 Å². The van der Waals surface area contributed by atoms with Crippen LogP contribution in [0.25, 0.3) is 0 Å². The Morgan fingerprint density at radius 1 is 1.33 bits per heavy atom. The Labute approximate surface area is 150 Å². The summed E-state index contributed by atoms with van der Waals surface area (Å²) in [5.41, 5.74) is 6.81. The zero-order chi connectivity index (χ0) is 18.1. The monoisotopic (exact) mass is 352 g/mol. The van der Waals surface area contributed by atoms with Crippen LogP contribution in [0.2, 0.25) is 5.02 Å². The topological polar surface area (TPSA) is 55.6 Å². The van der Waals surface area contributed by atoms with Gasteiger partial charge in [-0.2, -0.15) is 0 Å². The van der Waals surface area contributed by atoms with Gasteiger partial charge in [0.1, 0.15) is 5.60 Å². The van der Waals surface area contributed by atoms with E-state index in [4.69, 9.17) is 22.1 Å². The smallest absolute Gasteiger partial charge is 0.410 e. The predicted octanol–water partition coefficient (Wildman–Crippen LogP) is 4.77. The molecule has 1 amide bonds. The van der Waals surface area contributed by atoms with E-state index in [2.05, 4.69) is 13.8 Å². The van der Waals surface area contributed by atoms with Crippen LogP contribution < -0.4 is 5.73 Å². The zero-order valence-corrected chi connectivity index (χ0v) is 16.1. The van der Waals surface area contributed by atoms with Crippen molar-refractivity contribution in [2.45, 2.75) is 64.6 Å². The highest BCUT2D eigenvalue weighted by atomic mass is 35.5. The molecule has 0 aromatic heterocycles. The van der Waals surface area contributed by atoms with Gasteiger partial charge in [0.15, 0.2) is 0 Å². The Hall–Kier alpha value is -1.26. The molecule has 1 aromatic carbocycles. The minimum absolute atomic E-state index is 0.0534. The van der Waals surface area contributed by atoms with Crippen molar-refractivity contribution in [1.82, 2.24) is 4.90 Å². The summed E-state index contributed by atoms with van der Waals surface area (Å²) in [4.78, 5) is 14.3. The maximum atomic E-state index is 12.5. The van der Waals surface area contributed by atoms with Crippen molar-refractivity contribution in [2.24, 2.45) is 11.7 Å². The van der Waals surface area contributed by atoms with Gasteiger partial charge in [-0.3, -0.25) is 0 Å². The molecule has 1 aromatic rings. The average Bonchev–Trinajstić information content (AvgIpc) is 2.44. The van der Waals surface area contributed by atoms with Gasteiger partial charge in [0.05, 0.1) is 0 Å². The van der Waals surface area contributed by atoms with E-state index in [1.165, 1.54) is 0 Å². The molecule has 2 N–H and O–H groups in total. The van der Waals surface area contributed by atoms with E-state index in [0.717, 1.165) is 18.4 Å². The molecule has 0 radical (unpaired) electrons. The minimum atomic E-state index is -0.482. The van der Waals surface area contributed by atoms with Gasteiger partial charge in [0.2, 0.25) is 0 Å². The van der Waals surface area contributed by atoms with Gasteiger partial charge in [0, 0.05) is 23.1 Å². The van der Waals surface area contributed by atoms with E-state index in [9.17, 15) is 4.79 Å². The minimum Gasteiger partial charge on any atom is -0.444 e. The van der Waals surface area contributed by atoms with Gasteiger partial charge in [-0.25, -0.2) is 4.79 Å². The molecule has 0 spiro atoms. The summed E-state index contributed by atoms with van der Waals surface area (Å²) in [7, 11) is 0. The molecule has 4 nitrogen and oxygen atoms in total. The molecule has 0 bridgehead atoms. The van der Waals surface area contributed by atoms with Crippen LogP contribution in [0.15, 0.2) is 24.3 Å². The summed E-state index contributed by atoms with van der Waals surface area (Å²) in [6.07, 6.45) is 1.47. The van der Waals surface area contributed by atoms with Gasteiger partial charge < -0.3 is 15.4 Å². The van der Waals surface area contributed by atoms with Gasteiger partial charge in [-0.05, 0) is 71.1 Å². The van der Waals surface area contributed by atoms with Crippen molar-refractivity contribution in [2.75, 3.05) is 6.54 Å². The Morgan fingerprint density at radius 3 is 2.42 bits per heavy atom. The molecule has 0 saturated carbocycles. The first-order valence-electron chi connectivity index (χ1n) is 8.51. The van der Waals surface area contributed by atoms with Gasteiger partial charge in [-0.1, -0.05) is 23.7 Å². The highest BCUT2D eigenvalue weighted by Gasteiger charge is 2.41. The van der Waals surface area contributed by atoms with Gasteiger partial charge in [-0.15, -0.1) is 0 Å². The highest BCUT2D eigenvalue weighted by Crippen LogP contribution is 2.38. The molecule has 1 aliphatic rings. The second-order valence-corrected chi connectivity index (χ2v) is 8.71. The second-order valence-electron chi connectivity index (χ2n) is 8.27. The fraction of sp³-hybridized carbons (Fsp3) is 0.632. The van der Waals surface area contributed by atoms with Gasteiger partial charge in [0.25, 0.3) is 0 Å². The number of amides is 1. The third kappa shape index (κ3) is 4.64. The van der Waals surface area contributed by atoms with Crippen molar-refractivity contribution in [3.63, 3.8) is 0 Å². The van der Waals surface area contributed by atoms with Crippen LogP contribution in [-0.4, -0.2) is 28.7 Å². The van der Waals surface area contributed by atoms with Crippen molar-refractivity contribution in [3.8, 4) is 0 Å². The van der Waals surface area contributed by atoms with E-state index >= 15 is 0 Å². The number of likely N-dealkylation sites (tertiary alicyclic amines) is 1. The number of benzene rings is 1. The molecule has 24 heavy (non-hydrogen) atoms. The first kappa shape index (κ1) is 19.1. The van der Waals surface area contributed by atoms with Crippen LogP contribution in [-0.2, 0) is 4.74 Å². The Bertz CT molecular complexity index is 578. The van der Waals surface area contributed by atoms with Crippen molar-refractivity contribution in [1.29, 1.82) is 0 Å². The fourth-order valence-electron chi connectivity index (χ4n) is 3.37. The van der Waals surface area contributed by atoms with Gasteiger partial charge >= 0.3 is 6.09 Å². The summed E-state index contributed by atoms with van der Waals surface area (Å²) < 4.78 is 5.55. The van der Waals surface area contributed by atoms with Crippen LogP contribution in [0.4, 0.5) is 4.79 Å². The van der Waals surface area contributed by atoms with Crippen molar-refractivity contribution >= 4 is 17.7 Å². The third-order valence-electron chi connectivity index (χ3n) is 4.59. The third-order valence-corrected chi connectivity index (χ3v) is 4.84. The number of nitrogens with two attached hydrogens (primary N) is 1. The molecule has 1 heterocycles. The SMILES string of the molecule is CC(C)(C)OC(=O)N1CCC(C(N)c2ccc(Cl)cc2)CC1(C)C. The van der Waals surface area contributed by atoms with E-state index in [-0.39, 0.29) is 17.7 Å². The molecule has 1 saturated heterocycles. The number of hydrogen-bond donors (Lipinski definition) is 1. The van der Waals surface area contributed by atoms with E-state index in [1.54, 1.807) is 0 Å². The number of carbonyl (C=O) groups is 1. The molecule has 2 atom stereocenters. The number of hydrogen-bond acceptors (Lipinski definition) is 3. The lowest BCUT2D eigenvalue weighted by molar-refractivity contribution is -0.0169. The quantitative estimate of drug-likeness (QED) is 0.834. The van der Waals surface area contributed by atoms with Crippen LogP contribution in [0, 0.1) is 5.92 Å². The lowest BCUT2D eigenvalue weighted by Crippen LogP contribution is -2.55. The Kier molecular flexibility index (Phi) is 5.50. The standard InChI is InChI=1S/C19H29ClN2O2/c1-18(2,3)24-17(23)22-11-10-14(12-19(22,4)5)16(21)13-6-8-15(20)9-7-13/h6-9,14,16H,10-12,21H2,1-5H3. The number of carbonyl (C=O) groups excluding carboxylic acids is 1. The Balaban J connectivity index is 2.07. The first-order chi connectivity index (χ1) is 11.0. The zero-order valence-electron chi connectivity index (χ0n) is 15.3. The molecular weight excluding hydrogens is 324 g/mol. The summed E-state index contributed by atoms with van der Waals surface area (Å²) in [6, 6.07) is 7.66. The molecule has 1 fully saturated rings. The second kappa shape index (κ2) is 6.93. The van der Waals surface area contributed by atoms with E-state index < -0.39 is 5.60 Å². The van der Waals surface area contributed by atoms with Crippen LogP contribution in [0.3, 0.4) is 0 Å². The normalized spacial score (nSPS) is 22.1. The van der Waals surface area contributed by atoms with Crippen LogP contribution in [0.1, 0.15) is 59.1 Å². The average molecular weight is 353 g/mol. The largest absolute Gasteiger partial charge is 0.444 e. The summed E-state index contributed by atoms with van der Waals surface area (Å²) in [6.45, 7) is 10.5. The molecular formula is C19H29ClN2O2. The highest BCUT2D eigenvalue weighted by molar-refractivity contribution is 6.30. The number of piperidine rings is 1. The molecule has 2 rings (SSSR count). The lowest BCUT2D eigenvalue weighted by atomic mass is 9.77. The van der Waals surface area contributed by atoms with Crippen LogP contribution in [0.5, 0.6) is 0 Å². The number of nitrogens with zero attached hydrogens (tertiary/aromatic N) is 1. The predicted molar refractivity (Wildman–Crippen MR) is 98.1 cm³/mol. The molecule has 5 heteroatoms. The Morgan fingerprint density at radius 2 is 1.92 bits per heavy atom. The molecule has 1 aliphatic heterocycles. The number of rotatable bonds is 2. The number of halogens is 1. The van der Waals surface area contributed by atoms with E-state index in [1.807, 2.05) is 49.9 Å². The summed E-state index contributed by atoms with van der Waals surface area (Å²) >= 11 is 5.96. The molecule has 0 aliphatic carbocycles. The summed E-state index contributed by atoms with van der Waals surface area (Å²) in [5.74, 6) is 0.319. The maximum Gasteiger partial charge on any atom is 0.410 e. The lowest BCUT2D eigenvalue weighted by Gasteiger charge is -2.47. The molecule has 2 unspecified atom stereocenters. The fourth-order valence-corrected chi connectivity index (χ4v) is 3.50. The van der Waals surface area contributed by atoms with Crippen molar-refractivity contribution in [3.05, 3.63) is 34.9 Å². The molecule has 134 valence electrons. The summed E-state index contributed by atoms with van der Waals surface area (Å²) in [5, 5.41) is 0.714. The maximum absolute atomic E-state index is 12.5. The first-order valence-corrected chi connectivity index (χ1v) is 8.89. The number of ether oxygens (including phenoxy) is 1. The van der Waals surface area contributed by atoms with Crippen LogP contribution >= 0.6 is 11.6 Å². The van der Waals surface area contributed by atoms with Crippen molar-refractivity contribution < 1.29 is 9.53 Å².